The molecule has 11 aromatic carbocycles. The Morgan fingerprint density at radius 1 is 0.358 bits per heavy atom. The summed E-state index contributed by atoms with van der Waals surface area (Å²) in [7, 11) is -2.91. The summed E-state index contributed by atoms with van der Waals surface area (Å²) in [6.07, 6.45) is 5.22. The van der Waals surface area contributed by atoms with Crippen LogP contribution in [0.15, 0.2) is 273 Å². The van der Waals surface area contributed by atoms with Gasteiger partial charge in [0.2, 0.25) is 0 Å². The Kier molecular flexibility index (Phi) is 11.2. The molecular weight excluding hydrogens is 995 g/mol. The van der Waals surface area contributed by atoms with Gasteiger partial charge in [-0.05, 0) is 154 Å². The van der Waals surface area contributed by atoms with Crippen molar-refractivity contribution in [2.75, 3.05) is 4.90 Å². The Balaban J connectivity index is 0.974. The van der Waals surface area contributed by atoms with Gasteiger partial charge in [-0.3, -0.25) is 0 Å². The number of aromatic nitrogens is 2. The first-order valence-corrected chi connectivity index (χ1v) is 31.4. The van der Waals surface area contributed by atoms with Crippen LogP contribution in [-0.2, 0) is 5.41 Å². The maximum absolute atomic E-state index is 2.91. The van der Waals surface area contributed by atoms with Crippen molar-refractivity contribution < 1.29 is 0 Å². The molecule has 0 saturated heterocycles. The van der Waals surface area contributed by atoms with Crippen LogP contribution in [0.25, 0.3) is 66.1 Å². The second kappa shape index (κ2) is 18.8. The molecule has 81 heavy (non-hydrogen) atoms. The minimum absolute atomic E-state index is 0.0628. The second-order valence-electron chi connectivity index (χ2n) is 23.8. The van der Waals surface area contributed by atoms with Crippen molar-refractivity contribution in [2.45, 2.75) is 44.9 Å². The number of hydrogen-bond donors (Lipinski definition) is 0. The largest absolute Gasteiger partial charge is 0.310 e. The van der Waals surface area contributed by atoms with Crippen molar-refractivity contribution in [1.82, 2.24) is 9.13 Å². The van der Waals surface area contributed by atoms with Gasteiger partial charge < -0.3 is 14.0 Å². The highest BCUT2D eigenvalue weighted by Crippen LogP contribution is 2.65. The van der Waals surface area contributed by atoms with Gasteiger partial charge in [-0.1, -0.05) is 220 Å². The molecule has 0 N–H and O–H groups in total. The molecule has 1 aliphatic heterocycles. The molecule has 3 aliphatic rings. The predicted octanol–water partition coefficient (Wildman–Crippen LogP) is 17.1. The van der Waals surface area contributed by atoms with E-state index < -0.39 is 8.07 Å². The first-order valence-electron chi connectivity index (χ1n) is 29.4. The van der Waals surface area contributed by atoms with Crippen molar-refractivity contribution in [2.24, 2.45) is 23.7 Å². The Hall–Kier alpha value is -8.96. The summed E-state index contributed by atoms with van der Waals surface area (Å²) in [5.41, 5.74) is 16.1. The maximum Gasteiger partial charge on any atom is 0.179 e. The van der Waals surface area contributed by atoms with Crippen LogP contribution in [0.5, 0.6) is 0 Å². The van der Waals surface area contributed by atoms with E-state index in [0.29, 0.717) is 11.8 Å². The van der Waals surface area contributed by atoms with Gasteiger partial charge in [-0.15, -0.1) is 0 Å². The van der Waals surface area contributed by atoms with Gasteiger partial charge in [0.1, 0.15) is 0 Å². The number of fused-ring (bicyclic) bond motifs is 13. The van der Waals surface area contributed by atoms with E-state index >= 15 is 0 Å². The lowest BCUT2D eigenvalue weighted by Crippen LogP contribution is -2.74. The highest BCUT2D eigenvalue weighted by atomic mass is 28.3. The van der Waals surface area contributed by atoms with E-state index in [2.05, 4.69) is 301 Å². The molecule has 4 heteroatoms. The number of para-hydroxylation sites is 5. The smallest absolute Gasteiger partial charge is 0.179 e. The SMILES string of the molecule is C[C@@H]1CC2C[C@@H](C1)C[C@@H](C)C21c2ccccc2N(c2ccc(-n3c4ccccc4c4ccc([Si](c5ccccc5)(c5ccccc5)c5ccccc5)cc43)c(-c3cccc(-n4c5ccccc5c5ccccc54)c3)c2)c2ccccc21. The Morgan fingerprint density at radius 3 is 1.47 bits per heavy atom. The Labute approximate surface area is 476 Å². The average molecular weight is 1060 g/mol. The van der Waals surface area contributed by atoms with Crippen LogP contribution in [0.2, 0.25) is 0 Å². The highest BCUT2D eigenvalue weighted by Gasteiger charge is 2.56. The van der Waals surface area contributed by atoms with Crippen molar-refractivity contribution in [1.29, 1.82) is 0 Å². The van der Waals surface area contributed by atoms with Crippen molar-refractivity contribution in [3.63, 3.8) is 0 Å². The number of hydrogen-bond acceptors (Lipinski definition) is 1. The lowest BCUT2D eigenvalue weighted by molar-refractivity contribution is 0.0400. The quantitative estimate of drug-likeness (QED) is 0.109. The molecule has 3 heterocycles. The van der Waals surface area contributed by atoms with Gasteiger partial charge in [0.25, 0.3) is 0 Å². The normalized spacial score (nSPS) is 18.4. The van der Waals surface area contributed by atoms with Crippen molar-refractivity contribution >= 4 is 89.5 Å². The van der Waals surface area contributed by atoms with Gasteiger partial charge in [0.05, 0.1) is 39.1 Å². The molecule has 2 fully saturated rings. The topological polar surface area (TPSA) is 13.1 Å². The molecule has 2 bridgehead atoms. The zero-order chi connectivity index (χ0) is 53.8. The molecule has 1 unspecified atom stereocenters. The lowest BCUT2D eigenvalue weighted by Gasteiger charge is -2.58. The third-order valence-electron chi connectivity index (χ3n) is 19.5. The molecule has 390 valence electrons. The molecule has 2 saturated carbocycles. The van der Waals surface area contributed by atoms with Gasteiger partial charge in [-0.2, -0.15) is 0 Å². The van der Waals surface area contributed by atoms with Crippen LogP contribution in [0.4, 0.5) is 17.1 Å². The summed E-state index contributed by atoms with van der Waals surface area (Å²) in [4.78, 5) is 2.62. The maximum atomic E-state index is 2.62. The standard InChI is InChI=1S/C77H63N3Si/c1-52-45-54-47-53(2)77(56(46-52)48-54)68-34-15-20-39-74(68)79(75-40-21-16-35-69(75)77)58-41-44-73(67(50-58)55-23-22-24-57(49-55)78-70-36-17-12-31-63(70)64-32-13-18-37-71(64)78)80-72-38-19-14-33-65(72)66-43-42-62(51-76(66)80)81(59-25-6-3-7-26-59,60-27-8-4-9-28-60)61-29-10-5-11-30-61/h3-44,49-54,56H,45-48H2,1-2H3/t52-,53+,54-,56?/m0/s1. The molecule has 3 nitrogen and oxygen atoms in total. The summed E-state index contributed by atoms with van der Waals surface area (Å²) in [6.45, 7) is 5.10. The average Bonchev–Trinajstić information content (AvgIpc) is 3.11. The van der Waals surface area contributed by atoms with E-state index in [0.717, 1.165) is 34.5 Å². The number of rotatable bonds is 8. The summed E-state index contributed by atoms with van der Waals surface area (Å²) in [6, 6.07) is 104. The molecule has 2 aliphatic carbocycles. The zero-order valence-corrected chi connectivity index (χ0v) is 47.0. The summed E-state index contributed by atoms with van der Waals surface area (Å²) in [5.74, 6) is 2.64. The van der Waals surface area contributed by atoms with Crippen LogP contribution in [0, 0.1) is 23.7 Å². The van der Waals surface area contributed by atoms with E-state index in [-0.39, 0.29) is 5.41 Å². The first-order chi connectivity index (χ1) is 40.0. The second-order valence-corrected chi connectivity index (χ2v) is 27.6. The monoisotopic (exact) mass is 1060 g/mol. The van der Waals surface area contributed by atoms with Crippen LogP contribution in [0.1, 0.15) is 50.7 Å². The fourth-order valence-corrected chi connectivity index (χ4v) is 21.4. The molecule has 2 aromatic heterocycles. The molecule has 16 rings (SSSR count). The van der Waals surface area contributed by atoms with Crippen LogP contribution in [-0.4, -0.2) is 17.2 Å². The van der Waals surface area contributed by atoms with Crippen LogP contribution >= 0.6 is 0 Å². The van der Waals surface area contributed by atoms with Gasteiger partial charge in [-0.25, -0.2) is 0 Å². The molecule has 0 radical (unpaired) electrons. The molecular formula is C77H63N3Si. The van der Waals surface area contributed by atoms with E-state index in [1.807, 2.05) is 0 Å². The van der Waals surface area contributed by atoms with Gasteiger partial charge >= 0.3 is 0 Å². The minimum atomic E-state index is -2.91. The Bertz CT molecular complexity index is 4350. The van der Waals surface area contributed by atoms with Gasteiger partial charge in [0, 0.05) is 43.9 Å². The molecule has 1 spiro atoms. The van der Waals surface area contributed by atoms with E-state index in [1.165, 1.54) is 118 Å². The summed E-state index contributed by atoms with van der Waals surface area (Å²) in [5, 5.41) is 10.4. The van der Waals surface area contributed by atoms with E-state index in [4.69, 9.17) is 0 Å². The number of anilines is 3. The van der Waals surface area contributed by atoms with Gasteiger partial charge in [0.15, 0.2) is 8.07 Å². The summed E-state index contributed by atoms with van der Waals surface area (Å²) < 4.78 is 5.06. The van der Waals surface area contributed by atoms with Crippen LogP contribution < -0.4 is 25.6 Å². The number of nitrogens with zero attached hydrogens (tertiary/aromatic N) is 3. The van der Waals surface area contributed by atoms with E-state index in [1.54, 1.807) is 0 Å². The fourth-order valence-electron chi connectivity index (χ4n) is 16.6. The predicted molar refractivity (Wildman–Crippen MR) is 343 cm³/mol. The molecule has 4 atom stereocenters. The summed E-state index contributed by atoms with van der Waals surface area (Å²) >= 11 is 0. The molecule has 0 amide bonds. The van der Waals surface area contributed by atoms with Crippen LogP contribution in [0.3, 0.4) is 0 Å². The van der Waals surface area contributed by atoms with Crippen molar-refractivity contribution in [3.05, 3.63) is 284 Å². The molecule has 13 aromatic rings. The third-order valence-corrected chi connectivity index (χ3v) is 24.3. The van der Waals surface area contributed by atoms with Crippen molar-refractivity contribution in [3.8, 4) is 22.5 Å². The number of benzene rings is 11. The lowest BCUT2D eigenvalue weighted by atomic mass is 9.47. The third kappa shape index (κ3) is 7.12. The minimum Gasteiger partial charge on any atom is -0.310 e. The highest BCUT2D eigenvalue weighted by molar-refractivity contribution is 7.20. The zero-order valence-electron chi connectivity index (χ0n) is 46.0. The Morgan fingerprint density at radius 2 is 0.877 bits per heavy atom. The first kappa shape index (κ1) is 48.0. The fraction of sp³-hybridized carbons (Fsp3) is 0.143. The van der Waals surface area contributed by atoms with E-state index in [9.17, 15) is 0 Å².